The zero-order valence-corrected chi connectivity index (χ0v) is 14.1. The molecule has 0 radical (unpaired) electrons. The first-order valence-corrected chi connectivity index (χ1v) is 7.91. The standard InChI is InChI=1S/C14H7BrCl3F3/c15-6-8-5-7(1-3-10(8)14(19,20)21)9-2-4-11(16)13(18)12(9)17/h1-5H,6H2. The summed E-state index contributed by atoms with van der Waals surface area (Å²) in [5.41, 5.74) is 0.518. The first-order valence-electron chi connectivity index (χ1n) is 5.65. The Hall–Kier alpha value is -0.420. The van der Waals surface area contributed by atoms with Gasteiger partial charge in [-0.05, 0) is 29.3 Å². The Bertz CT molecular complexity index is 684. The lowest BCUT2D eigenvalue weighted by atomic mass is 9.99. The van der Waals surface area contributed by atoms with E-state index in [4.69, 9.17) is 34.8 Å². The summed E-state index contributed by atoms with van der Waals surface area (Å²) >= 11 is 21.0. The van der Waals surface area contributed by atoms with Crippen molar-refractivity contribution in [2.75, 3.05) is 0 Å². The molecule has 0 nitrogen and oxygen atoms in total. The van der Waals surface area contributed by atoms with Crippen molar-refractivity contribution in [1.29, 1.82) is 0 Å². The van der Waals surface area contributed by atoms with E-state index in [-0.39, 0.29) is 26.0 Å². The van der Waals surface area contributed by atoms with Crippen LogP contribution in [0.15, 0.2) is 30.3 Å². The van der Waals surface area contributed by atoms with Gasteiger partial charge in [-0.2, -0.15) is 13.2 Å². The lowest BCUT2D eigenvalue weighted by Crippen LogP contribution is -2.08. The van der Waals surface area contributed by atoms with Crippen LogP contribution < -0.4 is 0 Å². The van der Waals surface area contributed by atoms with Gasteiger partial charge in [-0.3, -0.25) is 0 Å². The fourth-order valence-electron chi connectivity index (χ4n) is 1.90. The van der Waals surface area contributed by atoms with Gasteiger partial charge in [-0.1, -0.05) is 62.9 Å². The highest BCUT2D eigenvalue weighted by atomic mass is 79.9. The Labute approximate surface area is 142 Å². The summed E-state index contributed by atoms with van der Waals surface area (Å²) in [6.07, 6.45) is -4.40. The molecule has 0 aliphatic rings. The predicted octanol–water partition coefficient (Wildman–Crippen LogP) is 7.23. The van der Waals surface area contributed by atoms with Crippen LogP contribution in [0, 0.1) is 0 Å². The van der Waals surface area contributed by atoms with Crippen molar-refractivity contribution >= 4 is 50.7 Å². The summed E-state index contributed by atoms with van der Waals surface area (Å²) in [7, 11) is 0. The molecule has 0 atom stereocenters. The fraction of sp³-hybridized carbons (Fsp3) is 0.143. The highest BCUT2D eigenvalue weighted by Crippen LogP contribution is 2.40. The SMILES string of the molecule is FC(F)(F)c1ccc(-c2ccc(Cl)c(Cl)c2Cl)cc1CBr. The number of rotatable bonds is 2. The Balaban J connectivity index is 2.59. The minimum atomic E-state index is -4.40. The van der Waals surface area contributed by atoms with Crippen LogP contribution in [0.3, 0.4) is 0 Å². The molecular formula is C14H7BrCl3F3. The highest BCUT2D eigenvalue weighted by Gasteiger charge is 2.33. The Morgan fingerprint density at radius 1 is 0.952 bits per heavy atom. The third-order valence-corrected chi connectivity index (χ3v) is 4.80. The Morgan fingerprint density at radius 3 is 2.19 bits per heavy atom. The molecule has 0 bridgehead atoms. The minimum absolute atomic E-state index is 0.0780. The summed E-state index contributed by atoms with van der Waals surface area (Å²) in [6, 6.07) is 7.00. The maximum Gasteiger partial charge on any atom is 0.416 e. The molecule has 0 fully saturated rings. The van der Waals surface area contributed by atoms with Crippen LogP contribution in [-0.4, -0.2) is 0 Å². The molecule has 0 N–H and O–H groups in total. The van der Waals surface area contributed by atoms with E-state index in [1.165, 1.54) is 12.1 Å². The molecule has 0 aromatic heterocycles. The Kier molecular flexibility index (Phi) is 5.14. The molecule has 0 amide bonds. The van der Waals surface area contributed by atoms with Crippen LogP contribution in [0.2, 0.25) is 15.1 Å². The van der Waals surface area contributed by atoms with Crippen molar-refractivity contribution < 1.29 is 13.2 Å². The van der Waals surface area contributed by atoms with Gasteiger partial charge in [0.1, 0.15) is 0 Å². The minimum Gasteiger partial charge on any atom is -0.166 e. The maximum atomic E-state index is 12.9. The first-order chi connectivity index (χ1) is 9.75. The van der Waals surface area contributed by atoms with Crippen molar-refractivity contribution in [3.63, 3.8) is 0 Å². The first kappa shape index (κ1) is 16.9. The molecule has 21 heavy (non-hydrogen) atoms. The molecule has 7 heteroatoms. The normalized spacial score (nSPS) is 11.8. The van der Waals surface area contributed by atoms with Gasteiger partial charge < -0.3 is 0 Å². The largest absolute Gasteiger partial charge is 0.416 e. The van der Waals surface area contributed by atoms with Gasteiger partial charge in [0.2, 0.25) is 0 Å². The van der Waals surface area contributed by atoms with E-state index in [1.807, 2.05) is 0 Å². The second-order valence-electron chi connectivity index (χ2n) is 4.23. The van der Waals surface area contributed by atoms with Crippen LogP contribution in [0.25, 0.3) is 11.1 Å². The topological polar surface area (TPSA) is 0 Å². The quantitative estimate of drug-likeness (QED) is 0.357. The third kappa shape index (κ3) is 3.50. The molecule has 2 aromatic rings. The number of alkyl halides is 4. The van der Waals surface area contributed by atoms with E-state index in [1.54, 1.807) is 12.1 Å². The van der Waals surface area contributed by atoms with Gasteiger partial charge in [-0.25, -0.2) is 0 Å². The second-order valence-corrected chi connectivity index (χ2v) is 5.95. The number of hydrogen-bond acceptors (Lipinski definition) is 0. The number of hydrogen-bond donors (Lipinski definition) is 0. The fourth-order valence-corrected chi connectivity index (χ4v) is 3.01. The molecular weight excluding hydrogens is 411 g/mol. The predicted molar refractivity (Wildman–Crippen MR) is 84.5 cm³/mol. The highest BCUT2D eigenvalue weighted by molar-refractivity contribution is 9.08. The van der Waals surface area contributed by atoms with E-state index in [0.717, 1.165) is 6.07 Å². The average molecular weight is 418 g/mol. The van der Waals surface area contributed by atoms with E-state index in [9.17, 15) is 13.2 Å². The van der Waals surface area contributed by atoms with E-state index in [0.29, 0.717) is 11.1 Å². The molecule has 0 saturated carbocycles. The van der Waals surface area contributed by atoms with Gasteiger partial charge in [0.25, 0.3) is 0 Å². The van der Waals surface area contributed by atoms with Crippen molar-refractivity contribution in [2.45, 2.75) is 11.5 Å². The molecule has 0 heterocycles. The van der Waals surface area contributed by atoms with Crippen molar-refractivity contribution in [3.8, 4) is 11.1 Å². The molecule has 0 spiro atoms. The van der Waals surface area contributed by atoms with Gasteiger partial charge in [0, 0.05) is 10.9 Å². The van der Waals surface area contributed by atoms with Crippen molar-refractivity contribution in [2.24, 2.45) is 0 Å². The van der Waals surface area contributed by atoms with E-state index in [2.05, 4.69) is 15.9 Å². The van der Waals surface area contributed by atoms with Crippen LogP contribution in [0.1, 0.15) is 11.1 Å². The third-order valence-electron chi connectivity index (χ3n) is 2.90. The molecule has 112 valence electrons. The summed E-state index contributed by atoms with van der Waals surface area (Å²) in [6.45, 7) is 0. The van der Waals surface area contributed by atoms with E-state index < -0.39 is 11.7 Å². The summed E-state index contributed by atoms with van der Waals surface area (Å²) in [5.74, 6) is 0. The van der Waals surface area contributed by atoms with E-state index >= 15 is 0 Å². The van der Waals surface area contributed by atoms with Gasteiger partial charge in [0.15, 0.2) is 0 Å². The zero-order valence-electron chi connectivity index (χ0n) is 10.2. The number of benzene rings is 2. The van der Waals surface area contributed by atoms with Crippen LogP contribution in [-0.2, 0) is 11.5 Å². The second kappa shape index (κ2) is 6.37. The molecule has 2 rings (SSSR count). The summed E-state index contributed by atoms with van der Waals surface area (Å²) < 4.78 is 38.6. The average Bonchev–Trinajstić information content (AvgIpc) is 2.43. The molecule has 2 aromatic carbocycles. The number of halogens is 7. The molecule has 0 unspecified atom stereocenters. The molecule has 0 saturated heterocycles. The Morgan fingerprint density at radius 2 is 1.62 bits per heavy atom. The van der Waals surface area contributed by atoms with Gasteiger partial charge >= 0.3 is 6.18 Å². The van der Waals surface area contributed by atoms with Gasteiger partial charge in [0.05, 0.1) is 20.6 Å². The van der Waals surface area contributed by atoms with Crippen molar-refractivity contribution in [3.05, 3.63) is 56.5 Å². The van der Waals surface area contributed by atoms with Crippen LogP contribution >= 0.6 is 50.7 Å². The molecule has 0 aliphatic heterocycles. The lowest BCUT2D eigenvalue weighted by Gasteiger charge is -2.14. The van der Waals surface area contributed by atoms with Gasteiger partial charge in [-0.15, -0.1) is 0 Å². The monoisotopic (exact) mass is 416 g/mol. The van der Waals surface area contributed by atoms with Crippen LogP contribution in [0.4, 0.5) is 13.2 Å². The van der Waals surface area contributed by atoms with Crippen molar-refractivity contribution in [1.82, 2.24) is 0 Å². The lowest BCUT2D eigenvalue weighted by molar-refractivity contribution is -0.138. The summed E-state index contributed by atoms with van der Waals surface area (Å²) in [4.78, 5) is 0. The zero-order chi connectivity index (χ0) is 15.8. The molecule has 0 aliphatic carbocycles. The summed E-state index contributed by atoms with van der Waals surface area (Å²) in [5, 5.41) is 0.757. The maximum absolute atomic E-state index is 12.9. The van der Waals surface area contributed by atoms with Crippen LogP contribution in [0.5, 0.6) is 0 Å². The smallest absolute Gasteiger partial charge is 0.166 e.